The van der Waals surface area contributed by atoms with E-state index in [1.807, 2.05) is 6.92 Å². The molecule has 12 nitrogen and oxygen atoms in total. The number of carbonyl (C=O) groups excluding carboxylic acids is 2. The van der Waals surface area contributed by atoms with Crippen molar-refractivity contribution in [1.82, 2.24) is 14.9 Å². The molecule has 0 aromatic heterocycles. The van der Waals surface area contributed by atoms with Gasteiger partial charge in [-0.3, -0.25) is 15.0 Å². The molecule has 216 valence electrons. The van der Waals surface area contributed by atoms with Gasteiger partial charge in [0.1, 0.15) is 12.1 Å². The number of carboxylic acid groups (broad SMARTS) is 1. The molecule has 1 fully saturated rings. The molecule has 0 bridgehead atoms. The fourth-order valence-electron chi connectivity index (χ4n) is 4.20. The van der Waals surface area contributed by atoms with Crippen molar-refractivity contribution in [1.29, 1.82) is 5.41 Å². The zero-order chi connectivity index (χ0) is 29.3. The van der Waals surface area contributed by atoms with Crippen LogP contribution in [-0.4, -0.2) is 71.3 Å². The Bertz CT molecular complexity index is 1310. The van der Waals surface area contributed by atoms with Crippen molar-refractivity contribution in [3.63, 3.8) is 0 Å². The van der Waals surface area contributed by atoms with Gasteiger partial charge in [0.15, 0.2) is 5.96 Å². The lowest BCUT2D eigenvalue weighted by Gasteiger charge is -2.28. The zero-order valence-electron chi connectivity index (χ0n) is 22.0. The maximum absolute atomic E-state index is 13.4. The molecule has 7 N–H and O–H groups in total. The quantitative estimate of drug-likeness (QED) is 0.114. The number of nitrogens with one attached hydrogen (secondary N) is 4. The number of nitrogens with zero attached hydrogens (tertiary/aromatic N) is 1. The molecule has 0 aliphatic carbocycles. The zero-order valence-corrected chi connectivity index (χ0v) is 23.6. The highest BCUT2D eigenvalue weighted by molar-refractivity contribution is 8.01. The largest absolute Gasteiger partial charge is 0.480 e. The summed E-state index contributed by atoms with van der Waals surface area (Å²) in [7, 11) is -3.98. The maximum atomic E-state index is 13.4. The second-order valence-corrected chi connectivity index (χ2v) is 12.2. The maximum Gasteiger partial charge on any atom is 0.326 e. The van der Waals surface area contributed by atoms with E-state index in [0.29, 0.717) is 30.6 Å². The van der Waals surface area contributed by atoms with Crippen molar-refractivity contribution in [2.24, 2.45) is 5.73 Å². The molecule has 2 aromatic rings. The number of sulfonamides is 1. The molecule has 1 heterocycles. The minimum absolute atomic E-state index is 0.0332. The van der Waals surface area contributed by atoms with Crippen LogP contribution in [0, 0.1) is 5.41 Å². The number of carbonyl (C=O) groups is 3. The van der Waals surface area contributed by atoms with Crippen molar-refractivity contribution in [2.75, 3.05) is 17.6 Å². The van der Waals surface area contributed by atoms with Crippen LogP contribution in [0.4, 0.5) is 5.69 Å². The number of thioether (sulfide) groups is 1. The molecule has 2 aromatic carbocycles. The summed E-state index contributed by atoms with van der Waals surface area (Å²) in [5.41, 5.74) is 6.34. The van der Waals surface area contributed by atoms with Gasteiger partial charge >= 0.3 is 5.97 Å². The SMILES string of the molecule is CCC1SC[C@@H](C(=O)N[C@@H](Cc2ccc(NC(=O)CCCNC(=N)N)cc2)C(=O)O)N1S(=O)(=O)c1ccccc1. The number of amides is 2. The minimum atomic E-state index is -3.98. The summed E-state index contributed by atoms with van der Waals surface area (Å²) in [4.78, 5) is 37.4. The Hall–Kier alpha value is -3.62. The van der Waals surface area contributed by atoms with Crippen molar-refractivity contribution in [3.05, 3.63) is 60.2 Å². The molecule has 14 heteroatoms. The van der Waals surface area contributed by atoms with E-state index in [4.69, 9.17) is 11.1 Å². The number of hydrogen-bond donors (Lipinski definition) is 6. The van der Waals surface area contributed by atoms with Gasteiger partial charge in [0.25, 0.3) is 0 Å². The lowest BCUT2D eigenvalue weighted by atomic mass is 10.0. The molecule has 1 unspecified atom stereocenters. The first-order valence-corrected chi connectivity index (χ1v) is 15.2. The van der Waals surface area contributed by atoms with Crippen molar-refractivity contribution in [3.8, 4) is 0 Å². The fourth-order valence-corrected chi connectivity index (χ4v) is 7.77. The topological polar surface area (TPSA) is 195 Å². The highest BCUT2D eigenvalue weighted by Gasteiger charge is 2.46. The number of benzene rings is 2. The van der Waals surface area contributed by atoms with Crippen LogP contribution in [0.3, 0.4) is 0 Å². The second-order valence-electron chi connectivity index (χ2n) is 9.15. The van der Waals surface area contributed by atoms with Gasteiger partial charge < -0.3 is 26.8 Å². The van der Waals surface area contributed by atoms with Gasteiger partial charge in [-0.15, -0.1) is 11.8 Å². The normalized spacial score (nSPS) is 18.0. The number of carboxylic acids is 1. The summed E-state index contributed by atoms with van der Waals surface area (Å²) in [6.45, 7) is 2.24. The predicted octanol–water partition coefficient (Wildman–Crippen LogP) is 1.54. The monoisotopic (exact) mass is 590 g/mol. The number of nitrogens with two attached hydrogens (primary N) is 1. The van der Waals surface area contributed by atoms with E-state index < -0.39 is 39.4 Å². The van der Waals surface area contributed by atoms with E-state index in [-0.39, 0.29) is 35.4 Å². The summed E-state index contributed by atoms with van der Waals surface area (Å²) in [5.74, 6) is -2.09. The molecular formula is C26H34N6O6S2. The van der Waals surface area contributed by atoms with E-state index in [1.54, 1.807) is 42.5 Å². The molecule has 1 saturated heterocycles. The Kier molecular flexibility index (Phi) is 10.9. The van der Waals surface area contributed by atoms with E-state index >= 15 is 0 Å². The highest BCUT2D eigenvalue weighted by Crippen LogP contribution is 2.36. The van der Waals surface area contributed by atoms with E-state index in [1.165, 1.54) is 28.2 Å². The molecule has 1 aliphatic rings. The predicted molar refractivity (Wildman–Crippen MR) is 153 cm³/mol. The van der Waals surface area contributed by atoms with Crippen LogP contribution >= 0.6 is 11.8 Å². The summed E-state index contributed by atoms with van der Waals surface area (Å²) < 4.78 is 28.0. The molecule has 40 heavy (non-hydrogen) atoms. The second kappa shape index (κ2) is 14.1. The molecular weight excluding hydrogens is 556 g/mol. The first-order chi connectivity index (χ1) is 19.0. The minimum Gasteiger partial charge on any atom is -0.480 e. The first-order valence-electron chi connectivity index (χ1n) is 12.7. The van der Waals surface area contributed by atoms with Crippen LogP contribution in [0.25, 0.3) is 0 Å². The molecule has 1 aliphatic heterocycles. The third kappa shape index (κ3) is 8.19. The summed E-state index contributed by atoms with van der Waals surface area (Å²) in [5, 5.41) is 24.3. The van der Waals surface area contributed by atoms with Crippen LogP contribution < -0.4 is 21.7 Å². The average molecular weight is 591 g/mol. The van der Waals surface area contributed by atoms with Crippen LogP contribution in [0.2, 0.25) is 0 Å². The van der Waals surface area contributed by atoms with Crippen LogP contribution in [0.1, 0.15) is 31.7 Å². The molecule has 0 spiro atoms. The molecule has 3 atom stereocenters. The van der Waals surface area contributed by atoms with Gasteiger partial charge in [-0.05, 0) is 42.7 Å². The van der Waals surface area contributed by atoms with E-state index in [0.717, 1.165) is 0 Å². The number of hydrogen-bond acceptors (Lipinski definition) is 7. The lowest BCUT2D eigenvalue weighted by molar-refractivity contribution is -0.142. The lowest BCUT2D eigenvalue weighted by Crippen LogP contribution is -2.53. The Morgan fingerprint density at radius 1 is 1.15 bits per heavy atom. The smallest absolute Gasteiger partial charge is 0.326 e. The Labute approximate surface area is 237 Å². The van der Waals surface area contributed by atoms with Gasteiger partial charge in [0, 0.05) is 30.8 Å². The van der Waals surface area contributed by atoms with E-state index in [9.17, 15) is 27.9 Å². The van der Waals surface area contributed by atoms with Crippen LogP contribution in [0.5, 0.6) is 0 Å². The average Bonchev–Trinajstić information content (AvgIpc) is 3.37. The van der Waals surface area contributed by atoms with Crippen molar-refractivity contribution in [2.45, 2.75) is 55.0 Å². The number of rotatable bonds is 13. The Morgan fingerprint density at radius 2 is 1.82 bits per heavy atom. The van der Waals surface area contributed by atoms with Crippen LogP contribution in [-0.2, 0) is 30.8 Å². The fraction of sp³-hybridized carbons (Fsp3) is 0.385. The molecule has 0 saturated carbocycles. The Balaban J connectivity index is 1.64. The third-order valence-corrected chi connectivity index (χ3v) is 9.71. The van der Waals surface area contributed by atoms with Gasteiger partial charge in [-0.25, -0.2) is 13.2 Å². The van der Waals surface area contributed by atoms with Crippen LogP contribution in [0.15, 0.2) is 59.5 Å². The third-order valence-electron chi connectivity index (χ3n) is 6.20. The van der Waals surface area contributed by atoms with Crippen molar-refractivity contribution < 1.29 is 27.9 Å². The highest BCUT2D eigenvalue weighted by atomic mass is 32.2. The first kappa shape index (κ1) is 30.9. The molecule has 2 amide bonds. The summed E-state index contributed by atoms with van der Waals surface area (Å²) >= 11 is 1.35. The van der Waals surface area contributed by atoms with Gasteiger partial charge in [0.2, 0.25) is 21.8 Å². The van der Waals surface area contributed by atoms with Gasteiger partial charge in [0.05, 0.1) is 10.3 Å². The summed E-state index contributed by atoms with van der Waals surface area (Å²) in [6, 6.07) is 12.1. The molecule has 0 radical (unpaired) electrons. The van der Waals surface area contributed by atoms with Gasteiger partial charge in [-0.1, -0.05) is 37.3 Å². The molecule has 3 rings (SSSR count). The van der Waals surface area contributed by atoms with E-state index in [2.05, 4.69) is 16.0 Å². The Morgan fingerprint density at radius 3 is 2.42 bits per heavy atom. The number of aliphatic carboxylic acids is 1. The number of anilines is 1. The van der Waals surface area contributed by atoms with Crippen molar-refractivity contribution >= 4 is 51.2 Å². The standard InChI is InChI=1S/C26H34N6O6S2/c1-2-23-32(40(37,38)19-7-4-3-5-8-19)21(16-39-23)24(34)31-20(25(35)36)15-17-10-12-18(13-11-17)30-22(33)9-6-14-29-26(27)28/h3-5,7-8,10-13,20-21,23H,2,6,9,14-16H2,1H3,(H,30,33)(H,31,34)(H,35,36)(H4,27,28,29)/t20-,21-,23?/m0/s1. The summed E-state index contributed by atoms with van der Waals surface area (Å²) in [6.07, 6.45) is 1.17. The van der Waals surface area contributed by atoms with Gasteiger partial charge in [-0.2, -0.15) is 4.31 Å². The number of guanidine groups is 1.